The largest absolute Gasteiger partial charge is 0.444 e. The Kier molecular flexibility index (Phi) is 4.12. The number of nitrogens with two attached hydrogens (primary N) is 1. The van der Waals surface area contributed by atoms with E-state index in [1.54, 1.807) is 0 Å². The molecule has 0 spiro atoms. The topological polar surface area (TPSA) is 64.3 Å². The molecule has 0 heterocycles. The van der Waals surface area contributed by atoms with Gasteiger partial charge in [-0.2, -0.15) is 0 Å². The lowest BCUT2D eigenvalue weighted by atomic mass is 10.0. The van der Waals surface area contributed by atoms with Crippen molar-refractivity contribution in [3.8, 4) is 0 Å². The van der Waals surface area contributed by atoms with Crippen molar-refractivity contribution in [1.82, 2.24) is 0 Å². The normalized spacial score (nSPS) is 16.6. The van der Waals surface area contributed by atoms with Gasteiger partial charge in [0.1, 0.15) is 5.60 Å². The Labute approximate surface area is 128 Å². The molecule has 4 nitrogen and oxygen atoms in total. The summed E-state index contributed by atoms with van der Waals surface area (Å²) in [4.78, 5) is 11.8. The molecular formula is C15H21BrN2O2. The molecule has 0 radical (unpaired) electrons. The summed E-state index contributed by atoms with van der Waals surface area (Å²) in [5.74, 6) is 0. The van der Waals surface area contributed by atoms with Crippen LogP contribution in [0.4, 0.5) is 10.5 Å². The molecule has 1 aromatic rings. The Bertz CT molecular complexity index is 519. The van der Waals surface area contributed by atoms with Gasteiger partial charge in [-0.05, 0) is 73.7 Å². The number of anilines is 1. The van der Waals surface area contributed by atoms with Gasteiger partial charge in [-0.1, -0.05) is 6.07 Å². The highest BCUT2D eigenvalue weighted by atomic mass is 79.9. The molecule has 0 atom stereocenters. The number of amides is 1. The average Bonchev–Trinajstić information content (AvgIpc) is 2.98. The minimum absolute atomic E-state index is 0.0446. The quantitative estimate of drug-likeness (QED) is 0.878. The molecular weight excluding hydrogens is 320 g/mol. The first-order valence-corrected chi connectivity index (χ1v) is 7.54. The molecule has 1 fully saturated rings. The Morgan fingerprint density at radius 3 is 2.65 bits per heavy atom. The Morgan fingerprint density at radius 2 is 2.10 bits per heavy atom. The molecule has 110 valence electrons. The van der Waals surface area contributed by atoms with Gasteiger partial charge in [-0.25, -0.2) is 4.79 Å². The van der Waals surface area contributed by atoms with Crippen LogP contribution in [-0.4, -0.2) is 17.2 Å². The fourth-order valence-corrected chi connectivity index (χ4v) is 2.28. The Balaban J connectivity index is 2.06. The number of benzene rings is 1. The smallest absolute Gasteiger partial charge is 0.412 e. The molecule has 1 aliphatic rings. The van der Waals surface area contributed by atoms with E-state index in [0.717, 1.165) is 29.3 Å². The van der Waals surface area contributed by atoms with Gasteiger partial charge in [0.25, 0.3) is 0 Å². The minimum atomic E-state index is -0.510. The number of ether oxygens (including phenoxy) is 1. The van der Waals surface area contributed by atoms with Gasteiger partial charge < -0.3 is 10.5 Å². The van der Waals surface area contributed by atoms with E-state index in [9.17, 15) is 4.79 Å². The van der Waals surface area contributed by atoms with E-state index in [4.69, 9.17) is 10.5 Å². The second-order valence-corrected chi connectivity index (χ2v) is 7.33. The minimum Gasteiger partial charge on any atom is -0.444 e. The Hall–Kier alpha value is -1.07. The van der Waals surface area contributed by atoms with Crippen LogP contribution >= 0.6 is 15.9 Å². The maximum Gasteiger partial charge on any atom is 0.412 e. The van der Waals surface area contributed by atoms with Crippen LogP contribution in [0.1, 0.15) is 39.2 Å². The van der Waals surface area contributed by atoms with Gasteiger partial charge in [-0.3, -0.25) is 5.32 Å². The molecule has 3 N–H and O–H groups in total. The fraction of sp³-hybridized carbons (Fsp3) is 0.533. The monoisotopic (exact) mass is 340 g/mol. The summed E-state index contributed by atoms with van der Waals surface area (Å²) in [6.45, 7) is 5.51. The Morgan fingerprint density at radius 1 is 1.45 bits per heavy atom. The van der Waals surface area contributed by atoms with Gasteiger partial charge in [0, 0.05) is 10.0 Å². The molecule has 1 amide bonds. The van der Waals surface area contributed by atoms with Crippen LogP contribution in [0, 0.1) is 0 Å². The van der Waals surface area contributed by atoms with Crippen LogP contribution in [0.15, 0.2) is 22.7 Å². The SMILES string of the molecule is CC(C)(C)OC(=O)Nc1cc(CC2(N)CC2)ccc1Br. The summed E-state index contributed by atoms with van der Waals surface area (Å²) in [5.41, 5.74) is 7.41. The first-order chi connectivity index (χ1) is 9.17. The molecule has 2 rings (SSSR count). The van der Waals surface area contributed by atoms with Gasteiger partial charge in [0.15, 0.2) is 0 Å². The predicted octanol–water partition coefficient (Wildman–Crippen LogP) is 3.83. The number of hydrogen-bond donors (Lipinski definition) is 2. The number of carbonyl (C=O) groups is 1. The highest BCUT2D eigenvalue weighted by molar-refractivity contribution is 9.10. The molecule has 1 saturated carbocycles. The lowest BCUT2D eigenvalue weighted by Crippen LogP contribution is -2.27. The molecule has 0 aromatic heterocycles. The first kappa shape index (κ1) is 15.3. The summed E-state index contributed by atoms with van der Waals surface area (Å²) >= 11 is 3.43. The van der Waals surface area contributed by atoms with Gasteiger partial charge >= 0.3 is 6.09 Å². The zero-order valence-corrected chi connectivity index (χ0v) is 13.7. The van der Waals surface area contributed by atoms with E-state index < -0.39 is 11.7 Å². The summed E-state index contributed by atoms with van der Waals surface area (Å²) < 4.78 is 6.08. The predicted molar refractivity (Wildman–Crippen MR) is 83.9 cm³/mol. The standard InChI is InChI=1S/C15H21BrN2O2/c1-14(2,3)20-13(19)18-12-8-10(4-5-11(12)16)9-15(17)6-7-15/h4-5,8H,6-7,9,17H2,1-3H3,(H,18,19). The summed E-state index contributed by atoms with van der Waals surface area (Å²) in [5, 5.41) is 2.76. The van der Waals surface area contributed by atoms with Crippen LogP contribution in [0.25, 0.3) is 0 Å². The van der Waals surface area contributed by atoms with Gasteiger partial charge in [0.2, 0.25) is 0 Å². The third-order valence-corrected chi connectivity index (χ3v) is 3.81. The zero-order chi connectivity index (χ0) is 15.0. The van der Waals surface area contributed by atoms with Crippen molar-refractivity contribution in [3.05, 3.63) is 28.2 Å². The van der Waals surface area contributed by atoms with Crippen LogP contribution in [0.3, 0.4) is 0 Å². The summed E-state index contributed by atoms with van der Waals surface area (Å²) in [6.07, 6.45) is 2.52. The van der Waals surface area contributed by atoms with Crippen LogP contribution < -0.4 is 11.1 Å². The van der Waals surface area contributed by atoms with E-state index >= 15 is 0 Å². The van der Waals surface area contributed by atoms with Crippen LogP contribution in [-0.2, 0) is 11.2 Å². The van der Waals surface area contributed by atoms with Crippen LogP contribution in [0.2, 0.25) is 0 Å². The van der Waals surface area contributed by atoms with Crippen molar-refractivity contribution in [3.63, 3.8) is 0 Å². The third-order valence-electron chi connectivity index (χ3n) is 3.11. The second-order valence-electron chi connectivity index (χ2n) is 6.48. The molecule has 0 saturated heterocycles. The maximum absolute atomic E-state index is 11.8. The van der Waals surface area contributed by atoms with E-state index in [1.165, 1.54) is 0 Å². The van der Waals surface area contributed by atoms with Gasteiger partial charge in [-0.15, -0.1) is 0 Å². The second kappa shape index (κ2) is 5.37. The summed E-state index contributed by atoms with van der Waals surface area (Å²) in [7, 11) is 0. The molecule has 1 aliphatic carbocycles. The van der Waals surface area contributed by atoms with Crippen LogP contribution in [0.5, 0.6) is 0 Å². The van der Waals surface area contributed by atoms with Gasteiger partial charge in [0.05, 0.1) is 5.69 Å². The van der Waals surface area contributed by atoms with E-state index in [-0.39, 0.29) is 5.54 Å². The number of nitrogens with one attached hydrogen (secondary N) is 1. The lowest BCUT2D eigenvalue weighted by Gasteiger charge is -2.20. The molecule has 0 aliphatic heterocycles. The van der Waals surface area contributed by atoms with Crippen molar-refractivity contribution in [1.29, 1.82) is 0 Å². The molecule has 0 bridgehead atoms. The van der Waals surface area contributed by atoms with Crippen molar-refractivity contribution < 1.29 is 9.53 Å². The first-order valence-electron chi connectivity index (χ1n) is 6.74. The molecule has 1 aromatic carbocycles. The molecule has 20 heavy (non-hydrogen) atoms. The molecule has 0 unspecified atom stereocenters. The van der Waals surface area contributed by atoms with Crippen molar-refractivity contribution in [2.45, 2.75) is 51.2 Å². The lowest BCUT2D eigenvalue weighted by molar-refractivity contribution is 0.0636. The summed E-state index contributed by atoms with van der Waals surface area (Å²) in [6, 6.07) is 5.89. The highest BCUT2D eigenvalue weighted by Crippen LogP contribution is 2.36. The highest BCUT2D eigenvalue weighted by Gasteiger charge is 2.38. The third kappa shape index (κ3) is 4.49. The maximum atomic E-state index is 11.8. The number of rotatable bonds is 3. The van der Waals surface area contributed by atoms with Crippen molar-refractivity contribution in [2.24, 2.45) is 5.73 Å². The number of hydrogen-bond acceptors (Lipinski definition) is 3. The fourth-order valence-electron chi connectivity index (χ4n) is 1.94. The molecule has 5 heteroatoms. The average molecular weight is 341 g/mol. The van der Waals surface area contributed by atoms with Crippen molar-refractivity contribution in [2.75, 3.05) is 5.32 Å². The number of carbonyl (C=O) groups excluding carboxylic acids is 1. The zero-order valence-electron chi connectivity index (χ0n) is 12.1. The van der Waals surface area contributed by atoms with E-state index in [0.29, 0.717) is 5.69 Å². The number of halogens is 1. The van der Waals surface area contributed by atoms with E-state index in [2.05, 4.69) is 21.2 Å². The van der Waals surface area contributed by atoms with Crippen molar-refractivity contribution >= 4 is 27.7 Å². The van der Waals surface area contributed by atoms with E-state index in [1.807, 2.05) is 39.0 Å².